The normalized spacial score (nSPS) is 14.4. The Labute approximate surface area is 158 Å². The lowest BCUT2D eigenvalue weighted by Gasteiger charge is -2.23. The van der Waals surface area contributed by atoms with Crippen LogP contribution < -0.4 is 10.6 Å². The molecule has 0 atom stereocenters. The van der Waals surface area contributed by atoms with E-state index in [0.717, 1.165) is 12.8 Å². The topological polar surface area (TPSA) is 93.2 Å². The van der Waals surface area contributed by atoms with Gasteiger partial charge in [0.25, 0.3) is 5.91 Å². The number of ether oxygens (including phenoxy) is 1. The van der Waals surface area contributed by atoms with E-state index in [2.05, 4.69) is 20.6 Å². The highest BCUT2D eigenvalue weighted by atomic mass is 16.5. The first-order valence-electron chi connectivity index (χ1n) is 9.33. The van der Waals surface area contributed by atoms with E-state index < -0.39 is 11.9 Å². The van der Waals surface area contributed by atoms with Crippen LogP contribution >= 0.6 is 0 Å². The molecule has 0 aliphatic heterocycles. The number of hydrogen-bond donors (Lipinski definition) is 2. The molecule has 3 rings (SSSR count). The Morgan fingerprint density at radius 1 is 1.15 bits per heavy atom. The average Bonchev–Trinajstić information content (AvgIpc) is 2.69. The molecule has 1 amide bonds. The van der Waals surface area contributed by atoms with E-state index in [1.807, 2.05) is 0 Å². The Hall–Kier alpha value is -2.96. The second-order valence-electron chi connectivity index (χ2n) is 6.49. The van der Waals surface area contributed by atoms with E-state index in [0.29, 0.717) is 23.1 Å². The van der Waals surface area contributed by atoms with Crippen LogP contribution in [0.4, 0.5) is 11.5 Å². The Morgan fingerprint density at radius 2 is 1.93 bits per heavy atom. The van der Waals surface area contributed by atoms with Crippen LogP contribution in [0.5, 0.6) is 0 Å². The van der Waals surface area contributed by atoms with Crippen LogP contribution in [0.15, 0.2) is 36.7 Å². The van der Waals surface area contributed by atoms with Gasteiger partial charge in [0.15, 0.2) is 0 Å². The number of benzene rings is 1. The highest BCUT2D eigenvalue weighted by Crippen LogP contribution is 2.21. The minimum atomic E-state index is -0.476. The lowest BCUT2D eigenvalue weighted by Crippen LogP contribution is -2.23. The number of nitrogens with one attached hydrogen (secondary N) is 2. The summed E-state index contributed by atoms with van der Waals surface area (Å²) in [6, 6.07) is 8.76. The SMILES string of the molecule is CCOC(=O)c1ccccc1NC(=O)c1cc(NC2CCCCC2)ncn1. The molecule has 2 N–H and O–H groups in total. The highest BCUT2D eigenvalue weighted by molar-refractivity contribution is 6.07. The van der Waals surface area contributed by atoms with Crippen molar-refractivity contribution in [1.82, 2.24) is 9.97 Å². The summed E-state index contributed by atoms with van der Waals surface area (Å²) in [6.45, 7) is 2.00. The molecule has 0 radical (unpaired) electrons. The second-order valence-corrected chi connectivity index (χ2v) is 6.49. The van der Waals surface area contributed by atoms with Gasteiger partial charge in [-0.15, -0.1) is 0 Å². The monoisotopic (exact) mass is 368 g/mol. The van der Waals surface area contributed by atoms with Gasteiger partial charge in [0, 0.05) is 12.1 Å². The molecule has 1 fully saturated rings. The van der Waals surface area contributed by atoms with Gasteiger partial charge in [0.1, 0.15) is 17.8 Å². The number of aromatic nitrogens is 2. The van der Waals surface area contributed by atoms with Crippen LogP contribution in [-0.4, -0.2) is 34.5 Å². The third kappa shape index (κ3) is 5.03. The lowest BCUT2D eigenvalue weighted by atomic mass is 9.95. The summed E-state index contributed by atoms with van der Waals surface area (Å²) in [4.78, 5) is 32.9. The zero-order valence-electron chi connectivity index (χ0n) is 15.4. The van der Waals surface area contributed by atoms with Crippen molar-refractivity contribution in [3.8, 4) is 0 Å². The maximum Gasteiger partial charge on any atom is 0.340 e. The zero-order valence-corrected chi connectivity index (χ0v) is 15.4. The highest BCUT2D eigenvalue weighted by Gasteiger charge is 2.17. The molecule has 27 heavy (non-hydrogen) atoms. The first-order chi connectivity index (χ1) is 13.2. The number of carbonyl (C=O) groups excluding carboxylic acids is 2. The van der Waals surface area contributed by atoms with Crippen molar-refractivity contribution in [3.05, 3.63) is 47.9 Å². The molecule has 1 aliphatic rings. The minimum Gasteiger partial charge on any atom is -0.462 e. The predicted octanol–water partition coefficient (Wildman–Crippen LogP) is 3.65. The zero-order chi connectivity index (χ0) is 19.1. The third-order valence-electron chi connectivity index (χ3n) is 4.53. The molecule has 0 spiro atoms. The van der Waals surface area contributed by atoms with Crippen LogP contribution in [0.1, 0.15) is 59.9 Å². The Morgan fingerprint density at radius 3 is 2.70 bits per heavy atom. The van der Waals surface area contributed by atoms with Crippen molar-refractivity contribution in [3.63, 3.8) is 0 Å². The fourth-order valence-electron chi connectivity index (χ4n) is 3.18. The van der Waals surface area contributed by atoms with Gasteiger partial charge in [-0.25, -0.2) is 14.8 Å². The van der Waals surface area contributed by atoms with Gasteiger partial charge in [-0.1, -0.05) is 31.4 Å². The molecule has 0 unspecified atom stereocenters. The number of carbonyl (C=O) groups is 2. The minimum absolute atomic E-state index is 0.238. The van der Waals surface area contributed by atoms with E-state index in [9.17, 15) is 9.59 Å². The summed E-state index contributed by atoms with van der Waals surface area (Å²) in [6.07, 6.45) is 7.28. The summed E-state index contributed by atoms with van der Waals surface area (Å²) in [5, 5.41) is 6.12. The molecule has 1 saturated carbocycles. The molecule has 1 aliphatic carbocycles. The molecular formula is C20H24N4O3. The quantitative estimate of drug-likeness (QED) is 0.756. The van der Waals surface area contributed by atoms with Gasteiger partial charge in [-0.05, 0) is 31.9 Å². The van der Waals surface area contributed by atoms with Crippen LogP contribution in [0, 0.1) is 0 Å². The van der Waals surface area contributed by atoms with Gasteiger partial charge in [0.2, 0.25) is 0 Å². The van der Waals surface area contributed by atoms with Crippen molar-refractivity contribution in [1.29, 1.82) is 0 Å². The summed E-state index contributed by atoms with van der Waals surface area (Å²) >= 11 is 0. The van der Waals surface area contributed by atoms with Crippen molar-refractivity contribution in [2.24, 2.45) is 0 Å². The molecule has 142 valence electrons. The maximum atomic E-state index is 12.6. The summed E-state index contributed by atoms with van der Waals surface area (Å²) in [5.41, 5.74) is 0.936. The Balaban J connectivity index is 1.71. The smallest absolute Gasteiger partial charge is 0.340 e. The molecule has 1 heterocycles. The summed E-state index contributed by atoms with van der Waals surface area (Å²) in [5.74, 6) is -0.239. The molecule has 0 saturated heterocycles. The number of anilines is 2. The van der Waals surface area contributed by atoms with Gasteiger partial charge < -0.3 is 15.4 Å². The van der Waals surface area contributed by atoms with Crippen LogP contribution in [-0.2, 0) is 4.74 Å². The summed E-state index contributed by atoms with van der Waals surface area (Å²) in [7, 11) is 0. The van der Waals surface area contributed by atoms with Gasteiger partial charge >= 0.3 is 5.97 Å². The van der Waals surface area contributed by atoms with E-state index >= 15 is 0 Å². The van der Waals surface area contributed by atoms with Gasteiger partial charge in [0.05, 0.1) is 17.9 Å². The van der Waals surface area contributed by atoms with Crippen molar-refractivity contribution < 1.29 is 14.3 Å². The molecule has 1 aromatic carbocycles. The number of nitrogens with zero attached hydrogens (tertiary/aromatic N) is 2. The van der Waals surface area contributed by atoms with Crippen molar-refractivity contribution in [2.45, 2.75) is 45.1 Å². The molecule has 7 nitrogen and oxygen atoms in total. The molecule has 7 heteroatoms. The fourth-order valence-corrected chi connectivity index (χ4v) is 3.18. The van der Waals surface area contributed by atoms with Crippen molar-refractivity contribution >= 4 is 23.4 Å². The van der Waals surface area contributed by atoms with E-state index in [1.54, 1.807) is 37.3 Å². The molecular weight excluding hydrogens is 344 g/mol. The first-order valence-corrected chi connectivity index (χ1v) is 9.33. The molecule has 2 aromatic rings. The van der Waals surface area contributed by atoms with Gasteiger partial charge in [-0.3, -0.25) is 4.79 Å². The number of para-hydroxylation sites is 1. The summed E-state index contributed by atoms with van der Waals surface area (Å²) < 4.78 is 5.03. The van der Waals surface area contributed by atoms with E-state index in [1.165, 1.54) is 25.6 Å². The van der Waals surface area contributed by atoms with E-state index in [4.69, 9.17) is 4.74 Å². The number of esters is 1. The number of rotatable bonds is 6. The Bertz CT molecular complexity index is 803. The van der Waals surface area contributed by atoms with Gasteiger partial charge in [-0.2, -0.15) is 0 Å². The lowest BCUT2D eigenvalue weighted by molar-refractivity contribution is 0.0527. The predicted molar refractivity (Wildman–Crippen MR) is 103 cm³/mol. The maximum absolute atomic E-state index is 12.6. The largest absolute Gasteiger partial charge is 0.462 e. The van der Waals surface area contributed by atoms with Crippen LogP contribution in [0.3, 0.4) is 0 Å². The van der Waals surface area contributed by atoms with Crippen LogP contribution in [0.25, 0.3) is 0 Å². The Kier molecular flexibility index (Phi) is 6.35. The third-order valence-corrected chi connectivity index (χ3v) is 4.53. The molecule has 0 bridgehead atoms. The second kappa shape index (κ2) is 9.12. The fraction of sp³-hybridized carbons (Fsp3) is 0.400. The standard InChI is InChI=1S/C20H24N4O3/c1-2-27-20(26)15-10-6-7-11-16(15)24-19(25)17-12-18(22-13-21-17)23-14-8-4-3-5-9-14/h6-7,10-14H,2-5,8-9H2,1H3,(H,24,25)(H,21,22,23). The van der Waals surface area contributed by atoms with Crippen LogP contribution in [0.2, 0.25) is 0 Å². The first kappa shape index (κ1) is 18.8. The molecule has 1 aromatic heterocycles. The number of hydrogen-bond acceptors (Lipinski definition) is 6. The number of amides is 1. The van der Waals surface area contributed by atoms with E-state index in [-0.39, 0.29) is 12.3 Å². The van der Waals surface area contributed by atoms with Crippen molar-refractivity contribution in [2.75, 3.05) is 17.2 Å². The average molecular weight is 368 g/mol.